The molecule has 0 saturated carbocycles. The van der Waals surface area contributed by atoms with Gasteiger partial charge in [-0.25, -0.2) is 0 Å². The summed E-state index contributed by atoms with van der Waals surface area (Å²) in [7, 11) is 0. The van der Waals surface area contributed by atoms with Crippen LogP contribution in [0.3, 0.4) is 0 Å². The summed E-state index contributed by atoms with van der Waals surface area (Å²) in [5.41, 5.74) is 0.821. The van der Waals surface area contributed by atoms with E-state index in [1.807, 2.05) is 21.7 Å². The average molecular weight is 252 g/mol. The Morgan fingerprint density at radius 3 is 3.00 bits per heavy atom. The maximum atomic E-state index is 12.3. The molecule has 0 aromatic carbocycles. The van der Waals surface area contributed by atoms with Gasteiger partial charge in [0, 0.05) is 24.0 Å². The molecule has 17 heavy (non-hydrogen) atoms. The summed E-state index contributed by atoms with van der Waals surface area (Å²) in [6, 6.07) is 2.63. The number of hydrogen-bond donors (Lipinski definition) is 1. The van der Waals surface area contributed by atoms with Gasteiger partial charge in [0.2, 0.25) is 0 Å². The van der Waals surface area contributed by atoms with E-state index in [9.17, 15) is 4.79 Å². The summed E-state index contributed by atoms with van der Waals surface area (Å²) in [6.07, 6.45) is 2.41. The summed E-state index contributed by atoms with van der Waals surface area (Å²) in [5.74, 6) is 0.162. The molecule has 1 unspecified atom stereocenters. The molecule has 0 aliphatic carbocycles. The van der Waals surface area contributed by atoms with Gasteiger partial charge in [-0.3, -0.25) is 4.79 Å². The van der Waals surface area contributed by atoms with E-state index in [0.29, 0.717) is 6.04 Å². The molecule has 0 bridgehead atoms. The minimum atomic E-state index is 0.162. The first-order valence-electron chi connectivity index (χ1n) is 6.25. The van der Waals surface area contributed by atoms with Gasteiger partial charge in [0.25, 0.3) is 5.91 Å². The van der Waals surface area contributed by atoms with Crippen molar-refractivity contribution in [3.63, 3.8) is 0 Å². The lowest BCUT2D eigenvalue weighted by molar-refractivity contribution is 0.0689. The van der Waals surface area contributed by atoms with Crippen LogP contribution in [0.1, 0.15) is 37.0 Å². The van der Waals surface area contributed by atoms with Crippen LogP contribution in [-0.2, 0) is 0 Å². The molecule has 4 heteroatoms. The second-order valence-electron chi connectivity index (χ2n) is 4.86. The van der Waals surface area contributed by atoms with Gasteiger partial charge in [0.05, 0.1) is 5.56 Å². The molecule has 1 fully saturated rings. The summed E-state index contributed by atoms with van der Waals surface area (Å²) in [4.78, 5) is 14.3. The predicted molar refractivity (Wildman–Crippen MR) is 71.5 cm³/mol. The maximum Gasteiger partial charge on any atom is 0.254 e. The van der Waals surface area contributed by atoms with Crippen LogP contribution >= 0.6 is 11.3 Å². The molecule has 1 atom stereocenters. The minimum Gasteiger partial charge on any atom is -0.335 e. The SMILES string of the molecule is CC(C)N(CC1CCCN1)C(=O)c1ccsc1. The Balaban J connectivity index is 2.03. The lowest BCUT2D eigenvalue weighted by atomic mass is 10.1. The Bertz CT molecular complexity index is 356. The minimum absolute atomic E-state index is 0.162. The highest BCUT2D eigenvalue weighted by atomic mass is 32.1. The van der Waals surface area contributed by atoms with Crippen LogP contribution in [0.2, 0.25) is 0 Å². The second-order valence-corrected chi connectivity index (χ2v) is 5.64. The van der Waals surface area contributed by atoms with Crippen molar-refractivity contribution < 1.29 is 4.79 Å². The average Bonchev–Trinajstić information content (AvgIpc) is 2.97. The van der Waals surface area contributed by atoms with Crippen LogP contribution in [0.5, 0.6) is 0 Å². The van der Waals surface area contributed by atoms with E-state index in [0.717, 1.165) is 18.7 Å². The molecule has 1 aromatic heterocycles. The standard InChI is InChI=1S/C13H20N2OS/c1-10(2)15(8-12-4-3-6-14-12)13(16)11-5-7-17-9-11/h5,7,9-10,12,14H,3-4,6,8H2,1-2H3. The van der Waals surface area contributed by atoms with Gasteiger partial charge in [-0.2, -0.15) is 11.3 Å². The summed E-state index contributed by atoms with van der Waals surface area (Å²) in [5, 5.41) is 7.34. The monoisotopic (exact) mass is 252 g/mol. The maximum absolute atomic E-state index is 12.3. The van der Waals surface area contributed by atoms with Crippen molar-refractivity contribution in [1.82, 2.24) is 10.2 Å². The number of amides is 1. The fourth-order valence-electron chi connectivity index (χ4n) is 2.23. The van der Waals surface area contributed by atoms with Crippen LogP contribution in [-0.4, -0.2) is 36.0 Å². The molecular weight excluding hydrogens is 232 g/mol. The first-order valence-corrected chi connectivity index (χ1v) is 7.19. The normalized spacial score (nSPS) is 19.8. The highest BCUT2D eigenvalue weighted by molar-refractivity contribution is 7.08. The predicted octanol–water partition coefficient (Wildman–Crippen LogP) is 2.35. The molecule has 1 aromatic rings. The van der Waals surface area contributed by atoms with Crippen molar-refractivity contribution in [2.45, 2.75) is 38.8 Å². The van der Waals surface area contributed by atoms with Gasteiger partial charge in [0.1, 0.15) is 0 Å². The van der Waals surface area contributed by atoms with Gasteiger partial charge in [-0.15, -0.1) is 0 Å². The van der Waals surface area contributed by atoms with Crippen molar-refractivity contribution in [1.29, 1.82) is 0 Å². The van der Waals surface area contributed by atoms with Gasteiger partial charge >= 0.3 is 0 Å². The first kappa shape index (κ1) is 12.6. The van der Waals surface area contributed by atoms with E-state index in [2.05, 4.69) is 19.2 Å². The fraction of sp³-hybridized carbons (Fsp3) is 0.615. The number of hydrogen-bond acceptors (Lipinski definition) is 3. The first-order chi connectivity index (χ1) is 8.18. The van der Waals surface area contributed by atoms with Gasteiger partial charge in [-0.05, 0) is 44.7 Å². The molecule has 1 aliphatic heterocycles. The molecule has 2 heterocycles. The van der Waals surface area contributed by atoms with E-state index in [1.165, 1.54) is 12.8 Å². The zero-order valence-corrected chi connectivity index (χ0v) is 11.3. The van der Waals surface area contributed by atoms with Crippen LogP contribution in [0, 0.1) is 0 Å². The second kappa shape index (κ2) is 5.65. The van der Waals surface area contributed by atoms with Crippen LogP contribution in [0.25, 0.3) is 0 Å². The van der Waals surface area contributed by atoms with Crippen molar-refractivity contribution in [2.75, 3.05) is 13.1 Å². The Kier molecular flexibility index (Phi) is 4.18. The molecule has 94 valence electrons. The quantitative estimate of drug-likeness (QED) is 0.892. The Morgan fingerprint density at radius 2 is 2.47 bits per heavy atom. The highest BCUT2D eigenvalue weighted by Gasteiger charge is 2.24. The Labute approximate surface area is 107 Å². The lowest BCUT2D eigenvalue weighted by Crippen LogP contribution is -2.44. The number of carbonyl (C=O) groups excluding carboxylic acids is 1. The van der Waals surface area contributed by atoms with E-state index >= 15 is 0 Å². The zero-order valence-electron chi connectivity index (χ0n) is 10.5. The highest BCUT2D eigenvalue weighted by Crippen LogP contribution is 2.15. The summed E-state index contributed by atoms with van der Waals surface area (Å²) >= 11 is 1.58. The third kappa shape index (κ3) is 3.07. The number of thiophene rings is 1. The van der Waals surface area contributed by atoms with Gasteiger partial charge in [-0.1, -0.05) is 0 Å². The van der Waals surface area contributed by atoms with E-state index in [4.69, 9.17) is 0 Å². The number of rotatable bonds is 4. The van der Waals surface area contributed by atoms with Gasteiger partial charge in [0.15, 0.2) is 0 Å². The number of nitrogens with zero attached hydrogens (tertiary/aromatic N) is 1. The smallest absolute Gasteiger partial charge is 0.254 e. The van der Waals surface area contributed by atoms with Crippen molar-refractivity contribution in [2.24, 2.45) is 0 Å². The van der Waals surface area contributed by atoms with Crippen molar-refractivity contribution in [3.05, 3.63) is 22.4 Å². The van der Waals surface area contributed by atoms with E-state index in [1.54, 1.807) is 11.3 Å². The summed E-state index contributed by atoms with van der Waals surface area (Å²) in [6.45, 7) is 6.08. The molecule has 0 radical (unpaired) electrons. The van der Waals surface area contributed by atoms with Crippen LogP contribution in [0.4, 0.5) is 0 Å². The van der Waals surface area contributed by atoms with E-state index in [-0.39, 0.29) is 11.9 Å². The Hall–Kier alpha value is -0.870. The van der Waals surface area contributed by atoms with Crippen LogP contribution in [0.15, 0.2) is 16.8 Å². The lowest BCUT2D eigenvalue weighted by Gasteiger charge is -2.29. The molecule has 0 spiro atoms. The van der Waals surface area contributed by atoms with Gasteiger partial charge < -0.3 is 10.2 Å². The summed E-state index contributed by atoms with van der Waals surface area (Å²) < 4.78 is 0. The zero-order chi connectivity index (χ0) is 12.3. The topological polar surface area (TPSA) is 32.3 Å². The molecule has 1 saturated heterocycles. The molecule has 2 rings (SSSR count). The Morgan fingerprint density at radius 1 is 1.65 bits per heavy atom. The molecule has 1 aliphatic rings. The van der Waals surface area contributed by atoms with Crippen LogP contribution < -0.4 is 5.32 Å². The largest absolute Gasteiger partial charge is 0.335 e. The molecular formula is C13H20N2OS. The third-order valence-corrected chi connectivity index (χ3v) is 3.92. The number of nitrogens with one attached hydrogen (secondary N) is 1. The fourth-order valence-corrected chi connectivity index (χ4v) is 2.86. The van der Waals surface area contributed by atoms with E-state index < -0.39 is 0 Å². The molecule has 1 amide bonds. The van der Waals surface area contributed by atoms with Crippen molar-refractivity contribution >= 4 is 17.2 Å². The molecule has 3 nitrogen and oxygen atoms in total. The number of carbonyl (C=O) groups is 1. The molecule has 1 N–H and O–H groups in total. The van der Waals surface area contributed by atoms with Crippen molar-refractivity contribution in [3.8, 4) is 0 Å². The third-order valence-electron chi connectivity index (χ3n) is 3.23.